The summed E-state index contributed by atoms with van der Waals surface area (Å²) in [5, 5.41) is 10.7. The van der Waals surface area contributed by atoms with Crippen LogP contribution in [0.15, 0.2) is 18.2 Å². The molecule has 1 saturated carbocycles. The fraction of sp³-hybridized carbons (Fsp3) is 0.500. The molecule has 2 rings (SSSR count). The zero-order valence-electron chi connectivity index (χ0n) is 9.73. The molecule has 92 valence electrons. The van der Waals surface area contributed by atoms with Crippen molar-refractivity contribution in [2.24, 2.45) is 5.92 Å². The first-order valence-corrected chi connectivity index (χ1v) is 6.88. The molecule has 0 unspecified atom stereocenters. The zero-order chi connectivity index (χ0) is 12.4. The number of nitro benzene ring substituents is 1. The monoisotopic (exact) mass is 346 g/mol. The van der Waals surface area contributed by atoms with Gasteiger partial charge in [0.1, 0.15) is 0 Å². The Balaban J connectivity index is 2.19. The summed E-state index contributed by atoms with van der Waals surface area (Å²) in [6, 6.07) is 5.36. The van der Waals surface area contributed by atoms with E-state index < -0.39 is 0 Å². The van der Waals surface area contributed by atoms with Gasteiger partial charge in [0.15, 0.2) is 0 Å². The van der Waals surface area contributed by atoms with Crippen LogP contribution in [0.25, 0.3) is 0 Å². The quantitative estimate of drug-likeness (QED) is 0.466. The molecule has 0 saturated heterocycles. The lowest BCUT2D eigenvalue weighted by Gasteiger charge is -2.23. The SMILES string of the molecule is CCN(CC1CC1)c1ccc([N+](=O)[O-])c(I)c1. The van der Waals surface area contributed by atoms with Crippen molar-refractivity contribution < 1.29 is 4.92 Å². The second-order valence-electron chi connectivity index (χ2n) is 4.37. The molecule has 0 spiro atoms. The molecule has 5 heteroatoms. The molecule has 1 aliphatic carbocycles. The Bertz CT molecular complexity index is 433. The van der Waals surface area contributed by atoms with E-state index in [-0.39, 0.29) is 10.6 Å². The summed E-state index contributed by atoms with van der Waals surface area (Å²) < 4.78 is 0.708. The second kappa shape index (κ2) is 5.20. The number of nitro groups is 1. The van der Waals surface area contributed by atoms with Crippen molar-refractivity contribution in [1.82, 2.24) is 0 Å². The van der Waals surface area contributed by atoms with E-state index in [1.54, 1.807) is 6.07 Å². The van der Waals surface area contributed by atoms with Crippen LogP contribution < -0.4 is 4.90 Å². The number of halogens is 1. The summed E-state index contributed by atoms with van der Waals surface area (Å²) in [5.41, 5.74) is 1.28. The minimum absolute atomic E-state index is 0.192. The van der Waals surface area contributed by atoms with Crippen LogP contribution in [0.5, 0.6) is 0 Å². The topological polar surface area (TPSA) is 46.4 Å². The number of nitrogens with zero attached hydrogens (tertiary/aromatic N) is 2. The third-order valence-corrected chi connectivity index (χ3v) is 3.91. The van der Waals surface area contributed by atoms with Gasteiger partial charge in [0.2, 0.25) is 0 Å². The lowest BCUT2D eigenvalue weighted by molar-refractivity contribution is -0.385. The summed E-state index contributed by atoms with van der Waals surface area (Å²) in [7, 11) is 0. The maximum atomic E-state index is 10.7. The van der Waals surface area contributed by atoms with Crippen LogP contribution in [-0.4, -0.2) is 18.0 Å². The zero-order valence-corrected chi connectivity index (χ0v) is 11.9. The number of anilines is 1. The maximum absolute atomic E-state index is 10.7. The highest BCUT2D eigenvalue weighted by Crippen LogP contribution is 2.32. The van der Waals surface area contributed by atoms with Crippen molar-refractivity contribution in [1.29, 1.82) is 0 Å². The van der Waals surface area contributed by atoms with Crippen molar-refractivity contribution >= 4 is 34.0 Å². The Hall–Kier alpha value is -0.850. The van der Waals surface area contributed by atoms with Gasteiger partial charge in [-0.2, -0.15) is 0 Å². The largest absolute Gasteiger partial charge is 0.371 e. The van der Waals surface area contributed by atoms with Crippen LogP contribution in [-0.2, 0) is 0 Å². The highest BCUT2D eigenvalue weighted by molar-refractivity contribution is 14.1. The Kier molecular flexibility index (Phi) is 3.86. The van der Waals surface area contributed by atoms with Crippen molar-refractivity contribution in [3.8, 4) is 0 Å². The first kappa shape index (κ1) is 12.6. The standard InChI is InChI=1S/C12H15IN2O2/c1-2-14(8-9-3-4-9)10-5-6-12(15(16)17)11(13)7-10/h5-7,9H,2-4,8H2,1H3. The van der Waals surface area contributed by atoms with Gasteiger partial charge < -0.3 is 4.90 Å². The number of rotatable bonds is 5. The molecule has 1 aromatic rings. The molecule has 4 nitrogen and oxygen atoms in total. The van der Waals surface area contributed by atoms with E-state index in [2.05, 4.69) is 11.8 Å². The molecule has 0 amide bonds. The average Bonchev–Trinajstić information content (AvgIpc) is 3.09. The predicted octanol–water partition coefficient (Wildman–Crippen LogP) is 3.44. The van der Waals surface area contributed by atoms with E-state index in [4.69, 9.17) is 0 Å². The van der Waals surface area contributed by atoms with E-state index in [0.717, 1.165) is 24.7 Å². The second-order valence-corrected chi connectivity index (χ2v) is 5.54. The summed E-state index contributed by atoms with van der Waals surface area (Å²) in [4.78, 5) is 12.7. The number of hydrogen-bond acceptors (Lipinski definition) is 3. The van der Waals surface area contributed by atoms with Gasteiger partial charge in [0.05, 0.1) is 8.49 Å². The van der Waals surface area contributed by atoms with Gasteiger partial charge in [-0.1, -0.05) is 0 Å². The molecule has 0 aliphatic heterocycles. The van der Waals surface area contributed by atoms with E-state index in [0.29, 0.717) is 3.57 Å². The summed E-state index contributed by atoms with van der Waals surface area (Å²) in [6.07, 6.45) is 2.64. The third-order valence-electron chi connectivity index (χ3n) is 3.05. The van der Waals surface area contributed by atoms with Crippen molar-refractivity contribution in [3.63, 3.8) is 0 Å². The Morgan fingerprint density at radius 1 is 1.53 bits per heavy atom. The smallest absolute Gasteiger partial charge is 0.282 e. The van der Waals surface area contributed by atoms with Gasteiger partial charge in [-0.15, -0.1) is 0 Å². The molecule has 1 fully saturated rings. The lowest BCUT2D eigenvalue weighted by atomic mass is 10.2. The summed E-state index contributed by atoms with van der Waals surface area (Å²) >= 11 is 2.03. The molecule has 0 bridgehead atoms. The maximum Gasteiger partial charge on any atom is 0.282 e. The summed E-state index contributed by atoms with van der Waals surface area (Å²) in [6.45, 7) is 4.14. The molecule has 0 heterocycles. The van der Waals surface area contributed by atoms with Gasteiger partial charge in [0, 0.05) is 24.8 Å². The first-order chi connectivity index (χ1) is 8.11. The van der Waals surface area contributed by atoms with E-state index in [1.807, 2.05) is 34.7 Å². The highest BCUT2D eigenvalue weighted by Gasteiger charge is 2.24. The molecule has 0 N–H and O–H groups in total. The van der Waals surface area contributed by atoms with E-state index in [9.17, 15) is 10.1 Å². The van der Waals surface area contributed by atoms with E-state index in [1.165, 1.54) is 12.8 Å². The average molecular weight is 346 g/mol. The molecule has 1 aliphatic rings. The number of hydrogen-bond donors (Lipinski definition) is 0. The van der Waals surface area contributed by atoms with Crippen LogP contribution in [0.1, 0.15) is 19.8 Å². The molecule has 0 aromatic heterocycles. The Morgan fingerprint density at radius 2 is 2.24 bits per heavy atom. The molecule has 1 aromatic carbocycles. The van der Waals surface area contributed by atoms with Gasteiger partial charge in [-0.25, -0.2) is 0 Å². The third kappa shape index (κ3) is 3.08. The van der Waals surface area contributed by atoms with Crippen LogP contribution in [0.3, 0.4) is 0 Å². The number of benzene rings is 1. The van der Waals surface area contributed by atoms with Crippen LogP contribution in [0.4, 0.5) is 11.4 Å². The molecule has 0 atom stereocenters. The molecular formula is C12H15IN2O2. The minimum Gasteiger partial charge on any atom is -0.371 e. The fourth-order valence-electron chi connectivity index (χ4n) is 1.87. The minimum atomic E-state index is -0.331. The normalized spacial score (nSPS) is 14.7. The fourth-order valence-corrected chi connectivity index (χ4v) is 2.57. The van der Waals surface area contributed by atoms with Crippen molar-refractivity contribution in [2.45, 2.75) is 19.8 Å². The van der Waals surface area contributed by atoms with Crippen LogP contribution >= 0.6 is 22.6 Å². The molecular weight excluding hydrogens is 331 g/mol. The van der Waals surface area contributed by atoms with Crippen molar-refractivity contribution in [2.75, 3.05) is 18.0 Å². The molecule has 17 heavy (non-hydrogen) atoms. The van der Waals surface area contributed by atoms with Crippen LogP contribution in [0, 0.1) is 19.6 Å². The van der Waals surface area contributed by atoms with Gasteiger partial charge in [-0.05, 0) is 60.4 Å². The van der Waals surface area contributed by atoms with Gasteiger partial charge in [0.25, 0.3) is 5.69 Å². The van der Waals surface area contributed by atoms with E-state index >= 15 is 0 Å². The Labute approximate surface area is 114 Å². The Morgan fingerprint density at radius 3 is 2.71 bits per heavy atom. The highest BCUT2D eigenvalue weighted by atomic mass is 127. The lowest BCUT2D eigenvalue weighted by Crippen LogP contribution is -2.25. The van der Waals surface area contributed by atoms with Crippen LogP contribution in [0.2, 0.25) is 0 Å². The van der Waals surface area contributed by atoms with Gasteiger partial charge >= 0.3 is 0 Å². The summed E-state index contributed by atoms with van der Waals surface area (Å²) in [5.74, 6) is 0.822. The first-order valence-electron chi connectivity index (χ1n) is 5.80. The van der Waals surface area contributed by atoms with Crippen molar-refractivity contribution in [3.05, 3.63) is 31.9 Å². The predicted molar refractivity (Wildman–Crippen MR) is 76.4 cm³/mol. The van der Waals surface area contributed by atoms with Gasteiger partial charge in [-0.3, -0.25) is 10.1 Å². The molecule has 0 radical (unpaired) electrons.